The number of sulfonamides is 1. The van der Waals surface area contributed by atoms with Crippen LogP contribution in [0.4, 0.5) is 10.1 Å². The number of aliphatic hydroxyl groups excluding tert-OH is 1. The van der Waals surface area contributed by atoms with E-state index in [9.17, 15) is 17.9 Å². The topological polar surface area (TPSA) is 78.9 Å². The molecule has 0 saturated carbocycles. The van der Waals surface area contributed by atoms with Crippen LogP contribution in [0.1, 0.15) is 33.6 Å². The average molecular weight is 509 g/mol. The number of ether oxygens (including phenoxy) is 1. The number of halogens is 2. The molecule has 0 spiro atoms. The lowest BCUT2D eigenvalue weighted by molar-refractivity contribution is 0.226. The van der Waals surface area contributed by atoms with Crippen LogP contribution in [0.2, 0.25) is 5.02 Å². The molecule has 184 valence electrons. The molecule has 2 N–H and O–H groups in total. The van der Waals surface area contributed by atoms with Crippen molar-refractivity contribution in [3.63, 3.8) is 0 Å². The highest BCUT2D eigenvalue weighted by atomic mass is 35.5. The van der Waals surface area contributed by atoms with Crippen molar-refractivity contribution in [1.29, 1.82) is 0 Å². The molecule has 0 bridgehead atoms. The van der Waals surface area contributed by atoms with Crippen molar-refractivity contribution in [1.82, 2.24) is 4.31 Å². The highest BCUT2D eigenvalue weighted by molar-refractivity contribution is 7.89. The maximum Gasteiger partial charge on any atom is 0.242 e. The summed E-state index contributed by atoms with van der Waals surface area (Å²) in [6.45, 7) is 6.28. The number of nitrogens with one attached hydrogen (secondary N) is 1. The van der Waals surface area contributed by atoms with Crippen LogP contribution in [0.25, 0.3) is 0 Å². The summed E-state index contributed by atoms with van der Waals surface area (Å²) < 4.78 is 45.6. The third-order valence-electron chi connectivity index (χ3n) is 5.61. The fourth-order valence-electron chi connectivity index (χ4n) is 3.55. The van der Waals surface area contributed by atoms with Gasteiger partial charge in [0.2, 0.25) is 10.0 Å². The molecule has 9 heteroatoms. The summed E-state index contributed by atoms with van der Waals surface area (Å²) >= 11 is 6.17. The van der Waals surface area contributed by atoms with E-state index < -0.39 is 22.1 Å². The molecule has 6 nitrogen and oxygen atoms in total. The van der Waals surface area contributed by atoms with Gasteiger partial charge in [-0.15, -0.1) is 0 Å². The first kappa shape index (κ1) is 26.2. The van der Waals surface area contributed by atoms with Crippen molar-refractivity contribution in [2.75, 3.05) is 19.4 Å². The van der Waals surface area contributed by atoms with E-state index >= 15 is 0 Å². The lowest BCUT2D eigenvalue weighted by Gasteiger charge is -2.30. The van der Waals surface area contributed by atoms with E-state index in [1.165, 1.54) is 44.4 Å². The SMILES string of the molecule is CN(C)S(=O)(=O)c1cccc(NC(O)C2=C(Oc3ccc(F)cc3Cl)C=C(C(C)(C)C)CC2)c1. The monoisotopic (exact) mass is 508 g/mol. The Labute approximate surface area is 205 Å². The molecule has 0 fully saturated rings. The van der Waals surface area contributed by atoms with Crippen LogP contribution in [-0.2, 0) is 10.0 Å². The lowest BCUT2D eigenvalue weighted by atomic mass is 9.80. The van der Waals surface area contributed by atoms with E-state index in [0.717, 1.165) is 16.3 Å². The summed E-state index contributed by atoms with van der Waals surface area (Å²) in [5.41, 5.74) is 2.04. The van der Waals surface area contributed by atoms with Gasteiger partial charge in [-0.3, -0.25) is 0 Å². The second-order valence-corrected chi connectivity index (χ2v) is 11.9. The predicted octanol–water partition coefficient (Wildman–Crippen LogP) is 5.56. The second-order valence-electron chi connectivity index (χ2n) is 9.35. The zero-order valence-electron chi connectivity index (χ0n) is 19.9. The number of nitrogens with zero attached hydrogens (tertiary/aromatic N) is 1. The zero-order valence-corrected chi connectivity index (χ0v) is 21.5. The van der Waals surface area contributed by atoms with Crippen molar-refractivity contribution in [3.8, 4) is 5.75 Å². The molecule has 34 heavy (non-hydrogen) atoms. The number of anilines is 1. The van der Waals surface area contributed by atoms with Gasteiger partial charge in [0.25, 0.3) is 0 Å². The molecule has 0 aromatic heterocycles. The van der Waals surface area contributed by atoms with Gasteiger partial charge in [-0.05, 0) is 60.7 Å². The van der Waals surface area contributed by atoms with Crippen molar-refractivity contribution in [2.24, 2.45) is 5.41 Å². The molecule has 2 aromatic carbocycles. The minimum atomic E-state index is -3.62. The molecular weight excluding hydrogens is 479 g/mol. The largest absolute Gasteiger partial charge is 0.456 e. The fraction of sp³-hybridized carbons (Fsp3) is 0.360. The maximum absolute atomic E-state index is 13.5. The van der Waals surface area contributed by atoms with Crippen molar-refractivity contribution in [2.45, 2.75) is 44.7 Å². The predicted molar refractivity (Wildman–Crippen MR) is 133 cm³/mol. The number of aliphatic hydroxyl groups is 1. The molecule has 3 rings (SSSR count). The van der Waals surface area contributed by atoms with Crippen molar-refractivity contribution >= 4 is 27.3 Å². The number of allylic oxidation sites excluding steroid dienone is 2. The van der Waals surface area contributed by atoms with Gasteiger partial charge in [0.05, 0.1) is 9.92 Å². The van der Waals surface area contributed by atoms with Gasteiger partial charge in [-0.1, -0.05) is 44.0 Å². The molecule has 1 aliphatic carbocycles. The number of hydrogen-bond acceptors (Lipinski definition) is 5. The third kappa shape index (κ3) is 5.99. The Hall–Kier alpha value is -2.39. The summed E-state index contributed by atoms with van der Waals surface area (Å²) in [6.07, 6.45) is 1.97. The minimum absolute atomic E-state index is 0.108. The van der Waals surface area contributed by atoms with Crippen molar-refractivity contribution < 1.29 is 22.7 Å². The third-order valence-corrected chi connectivity index (χ3v) is 7.72. The van der Waals surface area contributed by atoms with Crippen molar-refractivity contribution in [3.05, 3.63) is 76.3 Å². The Balaban J connectivity index is 1.97. The Bertz CT molecular complexity index is 1230. The van der Waals surface area contributed by atoms with E-state index in [0.29, 0.717) is 23.4 Å². The first-order valence-electron chi connectivity index (χ1n) is 10.8. The molecule has 1 atom stereocenters. The number of benzene rings is 2. The molecule has 0 saturated heterocycles. The van der Waals surface area contributed by atoms with Gasteiger partial charge in [0, 0.05) is 25.4 Å². The molecule has 1 unspecified atom stereocenters. The van der Waals surface area contributed by atoms with Gasteiger partial charge in [-0.25, -0.2) is 17.1 Å². The summed E-state index contributed by atoms with van der Waals surface area (Å²) in [7, 11) is -0.706. The Morgan fingerprint density at radius 3 is 2.47 bits per heavy atom. The average Bonchev–Trinajstić information content (AvgIpc) is 2.75. The maximum atomic E-state index is 13.5. The molecule has 2 aromatic rings. The first-order chi connectivity index (χ1) is 15.8. The molecular formula is C25H30ClFN2O4S. The standard InChI is InChI=1S/C25H30ClFN2O4S/c1-25(2,3)16-9-11-20(23(13-16)33-22-12-10-17(27)14-21(22)26)24(30)28-18-7-6-8-19(15-18)34(31,32)29(4)5/h6-8,10,12-15,24,28,30H,9,11H2,1-5H3. The Morgan fingerprint density at radius 1 is 1.15 bits per heavy atom. The van der Waals surface area contributed by atoms with Gasteiger partial charge in [-0.2, -0.15) is 0 Å². The van der Waals surface area contributed by atoms with Gasteiger partial charge in [0.1, 0.15) is 17.3 Å². The summed E-state index contributed by atoms with van der Waals surface area (Å²) in [5, 5.41) is 14.1. The van der Waals surface area contributed by atoms with Crippen LogP contribution in [0.3, 0.4) is 0 Å². The van der Waals surface area contributed by atoms with Crippen LogP contribution < -0.4 is 10.1 Å². The van der Waals surface area contributed by atoms with Crippen LogP contribution in [0, 0.1) is 11.2 Å². The van der Waals surface area contributed by atoms with Gasteiger partial charge < -0.3 is 15.2 Å². The quantitative estimate of drug-likeness (QED) is 0.479. The van der Waals surface area contributed by atoms with E-state index in [-0.39, 0.29) is 21.1 Å². The molecule has 0 amide bonds. The summed E-state index contributed by atoms with van der Waals surface area (Å²) in [6, 6.07) is 10.1. The Morgan fingerprint density at radius 2 is 1.85 bits per heavy atom. The Kier molecular flexibility index (Phi) is 7.77. The highest BCUT2D eigenvalue weighted by Gasteiger charge is 2.27. The first-order valence-corrected chi connectivity index (χ1v) is 12.6. The smallest absolute Gasteiger partial charge is 0.242 e. The van der Waals surface area contributed by atoms with E-state index in [1.807, 2.05) is 6.08 Å². The zero-order chi connectivity index (χ0) is 25.3. The summed E-state index contributed by atoms with van der Waals surface area (Å²) in [4.78, 5) is 0.108. The molecule has 0 aliphatic heterocycles. The van der Waals surface area contributed by atoms with Gasteiger partial charge in [0.15, 0.2) is 6.23 Å². The van der Waals surface area contributed by atoms with E-state index in [1.54, 1.807) is 12.1 Å². The fourth-order valence-corrected chi connectivity index (χ4v) is 4.71. The minimum Gasteiger partial charge on any atom is -0.456 e. The molecule has 0 heterocycles. The second kappa shape index (κ2) is 10.1. The van der Waals surface area contributed by atoms with Gasteiger partial charge >= 0.3 is 0 Å². The van der Waals surface area contributed by atoms with Crippen LogP contribution in [0.5, 0.6) is 5.75 Å². The van der Waals surface area contributed by atoms with Crippen LogP contribution in [0.15, 0.2) is 70.3 Å². The number of rotatable bonds is 7. The van der Waals surface area contributed by atoms with Crippen LogP contribution >= 0.6 is 11.6 Å². The van der Waals surface area contributed by atoms with E-state index in [2.05, 4.69) is 26.1 Å². The number of hydrogen-bond donors (Lipinski definition) is 2. The molecule has 1 aliphatic rings. The normalized spacial score (nSPS) is 15.9. The molecule has 0 radical (unpaired) electrons. The summed E-state index contributed by atoms with van der Waals surface area (Å²) in [5.74, 6) is 0.213. The highest BCUT2D eigenvalue weighted by Crippen LogP contribution is 2.38. The lowest BCUT2D eigenvalue weighted by Crippen LogP contribution is -2.27. The van der Waals surface area contributed by atoms with E-state index in [4.69, 9.17) is 16.3 Å². The van der Waals surface area contributed by atoms with Crippen LogP contribution in [-0.4, -0.2) is 38.2 Å².